The van der Waals surface area contributed by atoms with Crippen LogP contribution in [0.15, 0.2) is 59.1 Å². The quantitative estimate of drug-likeness (QED) is 0.605. The Hall–Kier alpha value is -1.54. The third-order valence-corrected chi connectivity index (χ3v) is 5.97. The summed E-state index contributed by atoms with van der Waals surface area (Å²) in [5.41, 5.74) is 5.49. The summed E-state index contributed by atoms with van der Waals surface area (Å²) in [5.74, 6) is 1.72. The first-order valence-electron chi connectivity index (χ1n) is 8.46. The Kier molecular flexibility index (Phi) is 3.81. The fourth-order valence-corrected chi connectivity index (χ4v) is 4.50. The zero-order valence-corrected chi connectivity index (χ0v) is 15.2. The van der Waals surface area contributed by atoms with Crippen LogP contribution in [0.25, 0.3) is 0 Å². The van der Waals surface area contributed by atoms with Crippen molar-refractivity contribution in [2.75, 3.05) is 5.32 Å². The van der Waals surface area contributed by atoms with Crippen LogP contribution in [0, 0.1) is 5.92 Å². The van der Waals surface area contributed by atoms with Crippen LogP contribution in [-0.4, -0.2) is 0 Å². The minimum Gasteiger partial charge on any atom is -0.377 e. The molecule has 0 spiro atoms. The van der Waals surface area contributed by atoms with E-state index in [0.717, 1.165) is 10.9 Å². The summed E-state index contributed by atoms with van der Waals surface area (Å²) in [6.07, 6.45) is 5.90. The van der Waals surface area contributed by atoms with E-state index in [-0.39, 0.29) is 0 Å². The molecule has 2 heteroatoms. The van der Waals surface area contributed by atoms with Crippen molar-refractivity contribution in [1.82, 2.24) is 0 Å². The van der Waals surface area contributed by atoms with Crippen molar-refractivity contribution in [2.45, 2.75) is 38.1 Å². The number of fused-ring (bicyclic) bond motifs is 3. The highest BCUT2D eigenvalue weighted by molar-refractivity contribution is 9.10. The molecule has 3 atom stereocenters. The molecule has 1 heterocycles. The number of allylic oxidation sites excluding steroid dienone is 2. The van der Waals surface area contributed by atoms with Gasteiger partial charge in [0.2, 0.25) is 0 Å². The summed E-state index contributed by atoms with van der Waals surface area (Å²) in [6.45, 7) is 4.50. The molecular formula is C21H22BrN. The molecule has 0 saturated carbocycles. The van der Waals surface area contributed by atoms with E-state index in [1.807, 2.05) is 0 Å². The van der Waals surface area contributed by atoms with E-state index < -0.39 is 0 Å². The zero-order valence-electron chi connectivity index (χ0n) is 13.6. The van der Waals surface area contributed by atoms with E-state index in [9.17, 15) is 0 Å². The molecule has 0 unspecified atom stereocenters. The van der Waals surface area contributed by atoms with Crippen LogP contribution >= 0.6 is 15.9 Å². The summed E-state index contributed by atoms with van der Waals surface area (Å²) < 4.78 is 1.16. The number of nitrogens with one attached hydrogen (secondary N) is 1. The van der Waals surface area contributed by atoms with Crippen molar-refractivity contribution in [1.29, 1.82) is 0 Å². The van der Waals surface area contributed by atoms with Crippen LogP contribution in [0.4, 0.5) is 5.69 Å². The van der Waals surface area contributed by atoms with Gasteiger partial charge in [0.15, 0.2) is 0 Å². The maximum absolute atomic E-state index is 3.81. The molecule has 1 N–H and O–H groups in total. The fourth-order valence-electron chi connectivity index (χ4n) is 4.00. The van der Waals surface area contributed by atoms with Crippen molar-refractivity contribution < 1.29 is 0 Å². The third-order valence-electron chi connectivity index (χ3n) is 5.31. The first-order valence-corrected chi connectivity index (χ1v) is 9.26. The van der Waals surface area contributed by atoms with Crippen LogP contribution in [0.3, 0.4) is 0 Å². The van der Waals surface area contributed by atoms with Gasteiger partial charge in [0.25, 0.3) is 0 Å². The van der Waals surface area contributed by atoms with E-state index in [1.165, 1.54) is 22.4 Å². The molecule has 4 rings (SSSR count). The molecule has 1 aliphatic carbocycles. The van der Waals surface area contributed by atoms with E-state index in [4.69, 9.17) is 0 Å². The number of benzene rings is 2. The average molecular weight is 368 g/mol. The van der Waals surface area contributed by atoms with Gasteiger partial charge in [-0.3, -0.25) is 0 Å². The Balaban J connectivity index is 1.74. The molecule has 23 heavy (non-hydrogen) atoms. The Bertz CT molecular complexity index is 745. The van der Waals surface area contributed by atoms with E-state index in [2.05, 4.69) is 89.7 Å². The van der Waals surface area contributed by atoms with Crippen LogP contribution in [0.1, 0.15) is 54.8 Å². The third kappa shape index (κ3) is 2.53. The first kappa shape index (κ1) is 15.0. The lowest BCUT2D eigenvalue weighted by Gasteiger charge is -2.38. The molecular weight excluding hydrogens is 346 g/mol. The largest absolute Gasteiger partial charge is 0.377 e. The molecule has 0 radical (unpaired) electrons. The van der Waals surface area contributed by atoms with Gasteiger partial charge < -0.3 is 5.32 Å². The van der Waals surface area contributed by atoms with E-state index in [1.54, 1.807) is 0 Å². The molecule has 0 fully saturated rings. The Morgan fingerprint density at radius 3 is 2.61 bits per heavy atom. The molecule has 0 amide bonds. The van der Waals surface area contributed by atoms with Gasteiger partial charge in [-0.05, 0) is 56.9 Å². The zero-order chi connectivity index (χ0) is 16.0. The molecule has 0 saturated heterocycles. The molecule has 1 nitrogen and oxygen atoms in total. The van der Waals surface area contributed by atoms with E-state index >= 15 is 0 Å². The number of rotatable bonds is 2. The second-order valence-corrected chi connectivity index (χ2v) is 7.86. The molecule has 118 valence electrons. The van der Waals surface area contributed by atoms with Gasteiger partial charge in [0.05, 0.1) is 11.7 Å². The van der Waals surface area contributed by atoms with Crippen molar-refractivity contribution in [3.05, 3.63) is 75.8 Å². The van der Waals surface area contributed by atoms with Crippen molar-refractivity contribution in [3.8, 4) is 0 Å². The minimum atomic E-state index is 0.377. The van der Waals surface area contributed by atoms with Crippen molar-refractivity contribution >= 4 is 21.6 Å². The smallest absolute Gasteiger partial charge is 0.0554 e. The van der Waals surface area contributed by atoms with Crippen LogP contribution in [0.2, 0.25) is 0 Å². The number of hydrogen-bond acceptors (Lipinski definition) is 1. The normalized spacial score (nSPS) is 25.1. The summed E-state index contributed by atoms with van der Waals surface area (Å²) in [5, 5.41) is 3.81. The molecule has 2 aromatic carbocycles. The van der Waals surface area contributed by atoms with Gasteiger partial charge in [-0.1, -0.05) is 62.4 Å². The average Bonchev–Trinajstić information content (AvgIpc) is 3.04. The summed E-state index contributed by atoms with van der Waals surface area (Å²) in [6, 6.07) is 16.1. The summed E-state index contributed by atoms with van der Waals surface area (Å²) in [7, 11) is 0. The molecule has 0 bridgehead atoms. The van der Waals surface area contributed by atoms with Gasteiger partial charge in [0, 0.05) is 10.4 Å². The molecule has 0 aromatic heterocycles. The molecule has 1 aliphatic heterocycles. The predicted molar refractivity (Wildman–Crippen MR) is 101 cm³/mol. The number of para-hydroxylation sites is 1. The minimum absolute atomic E-state index is 0.377. The SMILES string of the molecule is CC(C)c1ccc([C@@H]2Nc3c(Br)cccc3[C@@H]3C=CC[C@H]32)cc1. The van der Waals surface area contributed by atoms with Crippen molar-refractivity contribution in [2.24, 2.45) is 5.92 Å². The summed E-state index contributed by atoms with van der Waals surface area (Å²) >= 11 is 3.72. The standard InChI is InChI=1S/C21H22BrN/c1-13(2)14-9-11-15(12-10-14)20-17-6-3-5-16(17)18-7-4-8-19(22)21(18)23-20/h3-5,7-13,16-17,20,23H,6H2,1-2H3/t16-,17-,20+/m1/s1. The Morgan fingerprint density at radius 2 is 1.87 bits per heavy atom. The Labute approximate surface area is 146 Å². The lowest BCUT2D eigenvalue weighted by molar-refractivity contribution is 0.425. The maximum Gasteiger partial charge on any atom is 0.0554 e. The van der Waals surface area contributed by atoms with E-state index in [0.29, 0.717) is 23.8 Å². The maximum atomic E-state index is 3.81. The second-order valence-electron chi connectivity index (χ2n) is 7.00. The highest BCUT2D eigenvalue weighted by Crippen LogP contribution is 2.51. The van der Waals surface area contributed by atoms with Gasteiger partial charge >= 0.3 is 0 Å². The van der Waals surface area contributed by atoms with Gasteiger partial charge in [0.1, 0.15) is 0 Å². The Morgan fingerprint density at radius 1 is 1.09 bits per heavy atom. The molecule has 2 aliphatic rings. The highest BCUT2D eigenvalue weighted by atomic mass is 79.9. The van der Waals surface area contributed by atoms with Crippen LogP contribution in [0.5, 0.6) is 0 Å². The second kappa shape index (κ2) is 5.83. The van der Waals surface area contributed by atoms with Crippen LogP contribution in [-0.2, 0) is 0 Å². The predicted octanol–water partition coefficient (Wildman–Crippen LogP) is 6.40. The van der Waals surface area contributed by atoms with Gasteiger partial charge in [-0.15, -0.1) is 0 Å². The topological polar surface area (TPSA) is 12.0 Å². The first-order chi connectivity index (χ1) is 11.1. The highest BCUT2D eigenvalue weighted by Gasteiger charge is 2.38. The number of halogens is 1. The number of hydrogen-bond donors (Lipinski definition) is 1. The molecule has 2 aromatic rings. The lowest BCUT2D eigenvalue weighted by atomic mass is 9.77. The summed E-state index contributed by atoms with van der Waals surface area (Å²) in [4.78, 5) is 0. The van der Waals surface area contributed by atoms with Crippen LogP contribution < -0.4 is 5.32 Å². The number of anilines is 1. The van der Waals surface area contributed by atoms with Gasteiger partial charge in [-0.2, -0.15) is 0 Å². The monoisotopic (exact) mass is 367 g/mol. The van der Waals surface area contributed by atoms with Crippen molar-refractivity contribution in [3.63, 3.8) is 0 Å². The fraction of sp³-hybridized carbons (Fsp3) is 0.333. The lowest BCUT2D eigenvalue weighted by Crippen LogP contribution is -2.29. The van der Waals surface area contributed by atoms with Gasteiger partial charge in [-0.25, -0.2) is 0 Å².